The van der Waals surface area contributed by atoms with Gasteiger partial charge in [0.2, 0.25) is 0 Å². The van der Waals surface area contributed by atoms with E-state index in [0.717, 1.165) is 13.0 Å². The van der Waals surface area contributed by atoms with Gasteiger partial charge in [0.1, 0.15) is 0 Å². The Morgan fingerprint density at radius 2 is 2.00 bits per heavy atom. The fourth-order valence-corrected chi connectivity index (χ4v) is 3.05. The highest BCUT2D eigenvalue weighted by atomic mass is 16.5. The number of nitriles is 1. The molecule has 2 unspecified atom stereocenters. The van der Waals surface area contributed by atoms with E-state index in [-0.39, 0.29) is 17.4 Å². The second kappa shape index (κ2) is 3.90. The summed E-state index contributed by atoms with van der Waals surface area (Å²) in [7, 11) is 0. The van der Waals surface area contributed by atoms with Crippen molar-refractivity contribution >= 4 is 0 Å². The molecule has 0 N–H and O–H groups in total. The predicted octanol–water partition coefficient (Wildman–Crippen LogP) is 2.89. The van der Waals surface area contributed by atoms with Gasteiger partial charge in [-0.05, 0) is 24.7 Å². The summed E-state index contributed by atoms with van der Waals surface area (Å²) in [4.78, 5) is 0. The van der Waals surface area contributed by atoms with Crippen LogP contribution in [0.5, 0.6) is 0 Å². The number of hydrogen-bond donors (Lipinski definition) is 0. The average molecular weight is 193 g/mol. The zero-order valence-electron chi connectivity index (χ0n) is 8.96. The van der Waals surface area contributed by atoms with E-state index in [1.807, 2.05) is 0 Å². The minimum absolute atomic E-state index is 0.151. The fraction of sp³-hybridized carbons (Fsp3) is 0.917. The Bertz CT molecular complexity index is 237. The first kappa shape index (κ1) is 9.98. The van der Waals surface area contributed by atoms with Crippen LogP contribution in [0.1, 0.15) is 45.4 Å². The third-order valence-electron chi connectivity index (χ3n) is 3.94. The molecule has 1 saturated heterocycles. The van der Waals surface area contributed by atoms with Crippen LogP contribution in [-0.2, 0) is 4.74 Å². The third-order valence-corrected chi connectivity index (χ3v) is 3.94. The monoisotopic (exact) mass is 193 g/mol. The Balaban J connectivity index is 2.08. The van der Waals surface area contributed by atoms with Crippen LogP contribution in [0.4, 0.5) is 0 Å². The second-order valence-electron chi connectivity index (χ2n) is 5.03. The van der Waals surface area contributed by atoms with Gasteiger partial charge in [0, 0.05) is 6.61 Å². The van der Waals surface area contributed by atoms with Crippen LogP contribution in [0.25, 0.3) is 0 Å². The molecule has 1 aliphatic heterocycles. The molecule has 2 fully saturated rings. The zero-order valence-corrected chi connectivity index (χ0v) is 8.96. The quantitative estimate of drug-likeness (QED) is 0.641. The largest absolute Gasteiger partial charge is 0.376 e. The molecular formula is C12H19NO. The summed E-state index contributed by atoms with van der Waals surface area (Å²) in [5.41, 5.74) is 0.287. The van der Waals surface area contributed by atoms with Gasteiger partial charge in [-0.1, -0.05) is 26.2 Å². The molecule has 2 rings (SSSR count). The molecule has 14 heavy (non-hydrogen) atoms. The molecule has 2 heteroatoms. The van der Waals surface area contributed by atoms with Gasteiger partial charge in [-0.2, -0.15) is 5.26 Å². The fourth-order valence-electron chi connectivity index (χ4n) is 3.05. The van der Waals surface area contributed by atoms with Gasteiger partial charge >= 0.3 is 0 Å². The molecule has 2 aliphatic rings. The summed E-state index contributed by atoms with van der Waals surface area (Å²) < 4.78 is 5.78. The van der Waals surface area contributed by atoms with Crippen LogP contribution in [-0.4, -0.2) is 12.7 Å². The van der Waals surface area contributed by atoms with E-state index >= 15 is 0 Å². The van der Waals surface area contributed by atoms with Gasteiger partial charge in [0.15, 0.2) is 0 Å². The maximum atomic E-state index is 9.05. The summed E-state index contributed by atoms with van der Waals surface area (Å²) in [6.07, 6.45) is 7.64. The van der Waals surface area contributed by atoms with E-state index in [2.05, 4.69) is 13.0 Å². The molecular weight excluding hydrogens is 174 g/mol. The van der Waals surface area contributed by atoms with Gasteiger partial charge in [0.25, 0.3) is 0 Å². The Labute approximate surface area is 86.2 Å². The first-order chi connectivity index (χ1) is 6.76. The lowest BCUT2D eigenvalue weighted by molar-refractivity contribution is -0.0235. The average Bonchev–Trinajstić information content (AvgIpc) is 2.67. The second-order valence-corrected chi connectivity index (χ2v) is 5.03. The summed E-state index contributed by atoms with van der Waals surface area (Å²) in [6, 6.07) is 2.41. The standard InChI is InChI=1S/C12H19NO/c1-12(6-3-2-4-7-12)11-10(9-13)5-8-14-11/h10-11H,2-8H2,1H3. The lowest BCUT2D eigenvalue weighted by Gasteiger charge is -2.39. The highest BCUT2D eigenvalue weighted by Crippen LogP contribution is 2.45. The number of ether oxygens (including phenoxy) is 1. The first-order valence-electron chi connectivity index (χ1n) is 5.77. The van der Waals surface area contributed by atoms with Crippen molar-refractivity contribution in [1.82, 2.24) is 0 Å². The molecule has 78 valence electrons. The van der Waals surface area contributed by atoms with E-state index in [0.29, 0.717) is 0 Å². The molecule has 0 bridgehead atoms. The molecule has 0 aromatic carbocycles. The maximum Gasteiger partial charge on any atom is 0.0787 e. The van der Waals surface area contributed by atoms with E-state index in [1.54, 1.807) is 0 Å². The molecule has 0 aromatic heterocycles. The normalized spacial score (nSPS) is 36.6. The first-order valence-corrected chi connectivity index (χ1v) is 5.77. The van der Waals surface area contributed by atoms with Gasteiger partial charge in [-0.25, -0.2) is 0 Å². The summed E-state index contributed by atoms with van der Waals surface area (Å²) >= 11 is 0. The molecule has 0 spiro atoms. The van der Waals surface area contributed by atoms with Gasteiger partial charge < -0.3 is 4.74 Å². The SMILES string of the molecule is CC1(C2OCCC2C#N)CCCCC1. The zero-order chi connectivity index (χ0) is 10.0. The molecule has 1 aliphatic carbocycles. The maximum absolute atomic E-state index is 9.05. The molecule has 2 nitrogen and oxygen atoms in total. The molecule has 1 saturated carbocycles. The number of nitrogens with zero attached hydrogens (tertiary/aromatic N) is 1. The van der Waals surface area contributed by atoms with E-state index < -0.39 is 0 Å². The van der Waals surface area contributed by atoms with Crippen molar-refractivity contribution in [1.29, 1.82) is 5.26 Å². The number of hydrogen-bond acceptors (Lipinski definition) is 2. The Kier molecular flexibility index (Phi) is 2.78. The lowest BCUT2D eigenvalue weighted by atomic mass is 9.69. The van der Waals surface area contributed by atoms with Crippen LogP contribution in [0.3, 0.4) is 0 Å². The summed E-state index contributed by atoms with van der Waals surface area (Å²) in [5, 5.41) is 9.05. The van der Waals surface area contributed by atoms with Crippen LogP contribution in [0, 0.1) is 22.7 Å². The predicted molar refractivity (Wildman–Crippen MR) is 54.7 cm³/mol. The number of rotatable bonds is 1. The third kappa shape index (κ3) is 1.66. The Morgan fingerprint density at radius 1 is 1.29 bits per heavy atom. The van der Waals surface area contributed by atoms with Gasteiger partial charge in [0.05, 0.1) is 18.1 Å². The summed E-state index contributed by atoms with van der Waals surface area (Å²) in [5.74, 6) is 0.151. The highest BCUT2D eigenvalue weighted by Gasteiger charge is 2.43. The highest BCUT2D eigenvalue weighted by molar-refractivity contribution is 5.00. The minimum atomic E-state index is 0.151. The Hall–Kier alpha value is -0.550. The molecule has 0 amide bonds. The van der Waals surface area contributed by atoms with Crippen molar-refractivity contribution in [3.05, 3.63) is 0 Å². The van der Waals surface area contributed by atoms with Gasteiger partial charge in [-0.15, -0.1) is 0 Å². The molecule has 0 radical (unpaired) electrons. The van der Waals surface area contributed by atoms with Crippen molar-refractivity contribution < 1.29 is 4.74 Å². The van der Waals surface area contributed by atoms with Crippen molar-refractivity contribution in [2.45, 2.75) is 51.6 Å². The topological polar surface area (TPSA) is 33.0 Å². The lowest BCUT2D eigenvalue weighted by Crippen LogP contribution is -2.37. The summed E-state index contributed by atoms with van der Waals surface area (Å²) in [6.45, 7) is 3.10. The molecule has 2 atom stereocenters. The van der Waals surface area contributed by atoms with Crippen LogP contribution >= 0.6 is 0 Å². The van der Waals surface area contributed by atoms with Crippen molar-refractivity contribution in [3.63, 3.8) is 0 Å². The van der Waals surface area contributed by atoms with Crippen LogP contribution < -0.4 is 0 Å². The van der Waals surface area contributed by atoms with E-state index in [4.69, 9.17) is 10.00 Å². The minimum Gasteiger partial charge on any atom is -0.376 e. The molecule has 1 heterocycles. The van der Waals surface area contributed by atoms with E-state index in [1.165, 1.54) is 32.1 Å². The van der Waals surface area contributed by atoms with Crippen molar-refractivity contribution in [2.75, 3.05) is 6.61 Å². The Morgan fingerprint density at radius 3 is 2.64 bits per heavy atom. The van der Waals surface area contributed by atoms with Crippen LogP contribution in [0.2, 0.25) is 0 Å². The molecule has 0 aromatic rings. The van der Waals surface area contributed by atoms with Gasteiger partial charge in [-0.3, -0.25) is 0 Å². The van der Waals surface area contributed by atoms with Crippen molar-refractivity contribution in [3.8, 4) is 6.07 Å². The van der Waals surface area contributed by atoms with Crippen LogP contribution in [0.15, 0.2) is 0 Å². The van der Waals surface area contributed by atoms with E-state index in [9.17, 15) is 0 Å². The van der Waals surface area contributed by atoms with Crippen molar-refractivity contribution in [2.24, 2.45) is 11.3 Å². The smallest absolute Gasteiger partial charge is 0.0787 e.